The number of nitrogens with two attached hydrogens (primary N) is 1. The number of hydrogen-bond donors (Lipinski definition) is 1. The van der Waals surface area contributed by atoms with Gasteiger partial charge in [0.1, 0.15) is 12.2 Å². The lowest BCUT2D eigenvalue weighted by molar-refractivity contribution is 0.241. The van der Waals surface area contributed by atoms with Crippen LogP contribution in [0.15, 0.2) is 30.6 Å². The first-order valence-electron chi connectivity index (χ1n) is 7.04. The molecule has 2 rings (SSSR count). The fourth-order valence-corrected chi connectivity index (χ4v) is 2.24. The van der Waals surface area contributed by atoms with Gasteiger partial charge in [-0.05, 0) is 38.1 Å². The number of hydrogen-bond acceptors (Lipinski definition) is 4. The Bertz CT molecular complexity index is 549. The zero-order valence-corrected chi connectivity index (χ0v) is 12.5. The second-order valence-electron chi connectivity index (χ2n) is 5.16. The molecular formula is C15H23N5. The lowest BCUT2D eigenvalue weighted by Crippen LogP contribution is -2.24. The normalized spacial score (nSPS) is 12.8. The quantitative estimate of drug-likeness (QED) is 0.821. The van der Waals surface area contributed by atoms with Crippen molar-refractivity contribution in [2.24, 2.45) is 0 Å². The zero-order valence-electron chi connectivity index (χ0n) is 12.5. The third kappa shape index (κ3) is 3.36. The number of rotatable bonds is 6. The van der Waals surface area contributed by atoms with Gasteiger partial charge in [0.25, 0.3) is 0 Å². The molecule has 1 unspecified atom stereocenters. The number of aryl methyl sites for hydroxylation is 1. The van der Waals surface area contributed by atoms with Gasteiger partial charge >= 0.3 is 0 Å². The van der Waals surface area contributed by atoms with Crippen LogP contribution in [0.1, 0.15) is 37.7 Å². The van der Waals surface area contributed by atoms with Gasteiger partial charge in [0.05, 0.1) is 6.54 Å². The molecule has 1 aromatic heterocycles. The fourth-order valence-electron chi connectivity index (χ4n) is 2.24. The van der Waals surface area contributed by atoms with Crippen molar-refractivity contribution < 1.29 is 0 Å². The van der Waals surface area contributed by atoms with Crippen molar-refractivity contribution in [1.82, 2.24) is 19.7 Å². The highest BCUT2D eigenvalue weighted by Gasteiger charge is 2.14. The highest BCUT2D eigenvalue weighted by atomic mass is 15.3. The Hall–Kier alpha value is -1.88. The Balaban J connectivity index is 2.07. The summed E-state index contributed by atoms with van der Waals surface area (Å²) in [7, 11) is 2.10. The Morgan fingerprint density at radius 1 is 1.40 bits per heavy atom. The molecule has 5 nitrogen and oxygen atoms in total. The first kappa shape index (κ1) is 14.5. The molecule has 0 aliphatic carbocycles. The average Bonchev–Trinajstić information content (AvgIpc) is 2.85. The van der Waals surface area contributed by atoms with Crippen molar-refractivity contribution in [3.8, 4) is 0 Å². The van der Waals surface area contributed by atoms with E-state index >= 15 is 0 Å². The van der Waals surface area contributed by atoms with Gasteiger partial charge in [0.2, 0.25) is 0 Å². The molecule has 1 heterocycles. The van der Waals surface area contributed by atoms with Crippen molar-refractivity contribution in [3.05, 3.63) is 42.0 Å². The number of benzene rings is 1. The molecule has 5 heteroatoms. The van der Waals surface area contributed by atoms with E-state index in [-0.39, 0.29) is 6.04 Å². The molecule has 0 saturated carbocycles. The van der Waals surface area contributed by atoms with E-state index in [0.29, 0.717) is 0 Å². The van der Waals surface area contributed by atoms with Gasteiger partial charge in [-0.2, -0.15) is 5.10 Å². The lowest BCUT2D eigenvalue weighted by Gasteiger charge is -2.25. The second-order valence-corrected chi connectivity index (χ2v) is 5.16. The van der Waals surface area contributed by atoms with E-state index in [1.807, 2.05) is 22.9 Å². The summed E-state index contributed by atoms with van der Waals surface area (Å²) in [5.74, 6) is 1.00. The van der Waals surface area contributed by atoms with Gasteiger partial charge < -0.3 is 5.73 Å². The molecule has 2 aromatic rings. The molecular weight excluding hydrogens is 250 g/mol. The maximum absolute atomic E-state index is 5.85. The SMILES string of the molecule is CCCn1ncnc1CN(C)C(C)c1cccc(N)c1. The number of nitrogen functional groups attached to an aromatic ring is 1. The minimum atomic E-state index is 0.283. The van der Waals surface area contributed by atoms with Gasteiger partial charge in [-0.1, -0.05) is 19.1 Å². The standard InChI is InChI=1S/C15H23N5/c1-4-8-20-15(17-11-18-20)10-19(3)12(2)13-6-5-7-14(16)9-13/h5-7,9,11-12H,4,8,10,16H2,1-3H3. The topological polar surface area (TPSA) is 60.0 Å². The smallest absolute Gasteiger partial charge is 0.141 e. The van der Waals surface area contributed by atoms with Crippen LogP contribution in [0, 0.1) is 0 Å². The van der Waals surface area contributed by atoms with Crippen LogP contribution in [-0.2, 0) is 13.1 Å². The summed E-state index contributed by atoms with van der Waals surface area (Å²) >= 11 is 0. The predicted octanol–water partition coefficient (Wildman–Crippen LogP) is 2.46. The molecule has 20 heavy (non-hydrogen) atoms. The van der Waals surface area contributed by atoms with Crippen LogP contribution in [0.4, 0.5) is 5.69 Å². The maximum atomic E-state index is 5.85. The molecule has 0 amide bonds. The highest BCUT2D eigenvalue weighted by Crippen LogP contribution is 2.21. The van der Waals surface area contributed by atoms with E-state index in [4.69, 9.17) is 5.73 Å². The van der Waals surface area contributed by atoms with Crippen LogP contribution in [0.2, 0.25) is 0 Å². The number of anilines is 1. The van der Waals surface area contributed by atoms with Crippen LogP contribution >= 0.6 is 0 Å². The Morgan fingerprint density at radius 3 is 2.90 bits per heavy atom. The molecule has 1 aromatic carbocycles. The summed E-state index contributed by atoms with van der Waals surface area (Å²) in [4.78, 5) is 6.61. The molecule has 0 radical (unpaired) electrons. The van der Waals surface area contributed by atoms with Gasteiger partial charge in [-0.25, -0.2) is 9.67 Å². The van der Waals surface area contributed by atoms with Crippen molar-refractivity contribution in [2.75, 3.05) is 12.8 Å². The van der Waals surface area contributed by atoms with E-state index in [2.05, 4.69) is 41.9 Å². The maximum Gasteiger partial charge on any atom is 0.141 e. The first-order valence-corrected chi connectivity index (χ1v) is 7.04. The third-order valence-electron chi connectivity index (χ3n) is 3.58. The highest BCUT2D eigenvalue weighted by molar-refractivity contribution is 5.41. The monoisotopic (exact) mass is 273 g/mol. The van der Waals surface area contributed by atoms with Gasteiger partial charge in [-0.3, -0.25) is 4.90 Å². The molecule has 0 aliphatic rings. The molecule has 108 valence electrons. The summed E-state index contributed by atoms with van der Waals surface area (Å²) in [6.45, 7) is 6.01. The summed E-state index contributed by atoms with van der Waals surface area (Å²) in [5.41, 5.74) is 7.87. The van der Waals surface area contributed by atoms with Gasteiger partial charge in [0, 0.05) is 18.3 Å². The van der Waals surface area contributed by atoms with Crippen LogP contribution < -0.4 is 5.73 Å². The van der Waals surface area contributed by atoms with Crippen LogP contribution in [0.5, 0.6) is 0 Å². The zero-order chi connectivity index (χ0) is 14.5. The molecule has 0 saturated heterocycles. The summed E-state index contributed by atoms with van der Waals surface area (Å²) in [6, 6.07) is 8.32. The largest absolute Gasteiger partial charge is 0.399 e. The van der Waals surface area contributed by atoms with Crippen molar-refractivity contribution in [1.29, 1.82) is 0 Å². The molecule has 2 N–H and O–H groups in total. The Kier molecular flexibility index (Phi) is 4.74. The van der Waals surface area contributed by atoms with E-state index in [1.54, 1.807) is 6.33 Å². The summed E-state index contributed by atoms with van der Waals surface area (Å²) < 4.78 is 1.97. The summed E-state index contributed by atoms with van der Waals surface area (Å²) in [6.07, 6.45) is 2.69. The van der Waals surface area contributed by atoms with Crippen LogP contribution in [0.25, 0.3) is 0 Å². The van der Waals surface area contributed by atoms with Crippen LogP contribution in [-0.4, -0.2) is 26.7 Å². The van der Waals surface area contributed by atoms with Crippen molar-refractivity contribution in [3.63, 3.8) is 0 Å². The predicted molar refractivity (Wildman–Crippen MR) is 81.0 cm³/mol. The average molecular weight is 273 g/mol. The minimum absolute atomic E-state index is 0.283. The second kappa shape index (κ2) is 6.52. The van der Waals surface area contributed by atoms with Gasteiger partial charge in [0.15, 0.2) is 0 Å². The number of aromatic nitrogens is 3. The van der Waals surface area contributed by atoms with Crippen molar-refractivity contribution >= 4 is 5.69 Å². The fraction of sp³-hybridized carbons (Fsp3) is 0.467. The molecule has 0 fully saturated rings. The molecule has 0 bridgehead atoms. The van der Waals surface area contributed by atoms with E-state index in [9.17, 15) is 0 Å². The van der Waals surface area contributed by atoms with Gasteiger partial charge in [-0.15, -0.1) is 0 Å². The Labute approximate surface area is 120 Å². The number of nitrogens with zero attached hydrogens (tertiary/aromatic N) is 4. The third-order valence-corrected chi connectivity index (χ3v) is 3.58. The molecule has 0 spiro atoms. The van der Waals surface area contributed by atoms with E-state index in [1.165, 1.54) is 5.56 Å². The van der Waals surface area contributed by atoms with E-state index in [0.717, 1.165) is 31.0 Å². The first-order chi connectivity index (χ1) is 9.61. The van der Waals surface area contributed by atoms with Crippen molar-refractivity contribution in [2.45, 2.75) is 39.4 Å². The Morgan fingerprint density at radius 2 is 2.20 bits per heavy atom. The van der Waals surface area contributed by atoms with Crippen LogP contribution in [0.3, 0.4) is 0 Å². The lowest BCUT2D eigenvalue weighted by atomic mass is 10.1. The van der Waals surface area contributed by atoms with E-state index < -0.39 is 0 Å². The minimum Gasteiger partial charge on any atom is -0.399 e. The summed E-state index contributed by atoms with van der Waals surface area (Å²) in [5, 5.41) is 4.26. The molecule has 0 aliphatic heterocycles. The molecule has 1 atom stereocenters.